The monoisotopic (exact) mass is 363 g/mol. The maximum Gasteiger partial charge on any atom is 0.228 e. The summed E-state index contributed by atoms with van der Waals surface area (Å²) in [5.74, 6) is 0.284. The van der Waals surface area contributed by atoms with Crippen LogP contribution in [0.5, 0.6) is 0 Å². The summed E-state index contributed by atoms with van der Waals surface area (Å²) >= 11 is 1.42. The van der Waals surface area contributed by atoms with Gasteiger partial charge in [0, 0.05) is 17.8 Å². The minimum Gasteiger partial charge on any atom is -0.326 e. The molecule has 6 heteroatoms. The molecule has 2 aromatic carbocycles. The normalized spacial score (nSPS) is 12.8. The van der Waals surface area contributed by atoms with E-state index in [9.17, 15) is 9.59 Å². The molecule has 1 amide bonds. The van der Waals surface area contributed by atoms with Crippen molar-refractivity contribution in [3.63, 3.8) is 0 Å². The first-order valence-electron chi connectivity index (χ1n) is 8.30. The second kappa shape index (κ2) is 6.80. The summed E-state index contributed by atoms with van der Waals surface area (Å²) in [6, 6.07) is 13.3. The summed E-state index contributed by atoms with van der Waals surface area (Å²) in [4.78, 5) is 28.7. The van der Waals surface area contributed by atoms with Crippen LogP contribution in [0, 0.1) is 0 Å². The summed E-state index contributed by atoms with van der Waals surface area (Å²) in [5.41, 5.74) is 4.24. The van der Waals surface area contributed by atoms with Crippen LogP contribution >= 0.6 is 11.8 Å². The Morgan fingerprint density at radius 2 is 2.15 bits per heavy atom. The first-order chi connectivity index (χ1) is 12.7. The van der Waals surface area contributed by atoms with Crippen LogP contribution in [0.3, 0.4) is 0 Å². The minimum absolute atomic E-state index is 0.0226. The van der Waals surface area contributed by atoms with Crippen molar-refractivity contribution < 1.29 is 9.59 Å². The molecule has 0 radical (unpaired) electrons. The van der Waals surface area contributed by atoms with E-state index < -0.39 is 0 Å². The number of imidazole rings is 1. The summed E-state index contributed by atoms with van der Waals surface area (Å²) in [6.07, 6.45) is 2.16. The van der Waals surface area contributed by atoms with Gasteiger partial charge >= 0.3 is 0 Å². The fourth-order valence-corrected chi connectivity index (χ4v) is 4.00. The number of hydrogen-bond acceptors (Lipinski definition) is 4. The molecule has 0 aliphatic carbocycles. The molecule has 1 aliphatic rings. The molecule has 3 aromatic rings. The zero-order valence-corrected chi connectivity index (χ0v) is 14.9. The largest absolute Gasteiger partial charge is 0.326 e. The zero-order chi connectivity index (χ0) is 18.1. The topological polar surface area (TPSA) is 64.0 Å². The standard InChI is InChI=1S/C20H17N3O2S/c1-2-9-23-17-6-4-3-5-16(17)22-20(23)26-12-18(24)13-7-8-15-14(10-13)11-19(25)21-15/h2-8,10H,1,9,11-12H2,(H,21,25). The van der Waals surface area contributed by atoms with Gasteiger partial charge in [-0.05, 0) is 35.9 Å². The highest BCUT2D eigenvalue weighted by atomic mass is 32.2. The van der Waals surface area contributed by atoms with Crippen molar-refractivity contribution in [2.24, 2.45) is 0 Å². The van der Waals surface area contributed by atoms with Crippen molar-refractivity contribution in [3.8, 4) is 0 Å². The molecule has 1 aliphatic heterocycles. The predicted molar refractivity (Wildman–Crippen MR) is 104 cm³/mol. The van der Waals surface area contributed by atoms with Crippen molar-refractivity contribution in [1.82, 2.24) is 9.55 Å². The number of thioether (sulfide) groups is 1. The highest BCUT2D eigenvalue weighted by molar-refractivity contribution is 7.99. The van der Waals surface area contributed by atoms with E-state index in [2.05, 4.69) is 21.4 Å². The lowest BCUT2D eigenvalue weighted by Gasteiger charge is -2.06. The van der Waals surface area contributed by atoms with E-state index in [0.717, 1.165) is 27.4 Å². The van der Waals surface area contributed by atoms with E-state index in [0.29, 0.717) is 24.3 Å². The Kier molecular flexibility index (Phi) is 4.34. The Bertz CT molecular complexity index is 1040. The molecule has 0 saturated heterocycles. The van der Waals surface area contributed by atoms with Gasteiger partial charge in [0.1, 0.15) is 0 Å². The molecule has 0 bridgehead atoms. The lowest BCUT2D eigenvalue weighted by Crippen LogP contribution is -2.05. The SMILES string of the molecule is C=CCn1c(SCC(=O)c2ccc3c(c2)CC(=O)N3)nc2ccccc21. The number of fused-ring (bicyclic) bond motifs is 2. The first-order valence-corrected chi connectivity index (χ1v) is 9.29. The third kappa shape index (κ3) is 3.04. The minimum atomic E-state index is -0.0304. The fourth-order valence-electron chi connectivity index (χ4n) is 3.09. The second-order valence-corrected chi connectivity index (χ2v) is 7.03. The zero-order valence-electron chi connectivity index (χ0n) is 14.1. The summed E-state index contributed by atoms with van der Waals surface area (Å²) in [6.45, 7) is 4.45. The van der Waals surface area contributed by atoms with Gasteiger partial charge in [0.25, 0.3) is 0 Å². The molecule has 2 heterocycles. The number of benzene rings is 2. The van der Waals surface area contributed by atoms with Crippen molar-refractivity contribution in [2.75, 3.05) is 11.1 Å². The molecule has 1 N–H and O–H groups in total. The number of aromatic nitrogens is 2. The number of nitrogens with zero attached hydrogens (tertiary/aromatic N) is 2. The number of rotatable bonds is 6. The molecule has 0 unspecified atom stereocenters. The number of amides is 1. The van der Waals surface area contributed by atoms with E-state index in [1.807, 2.05) is 36.4 Å². The highest BCUT2D eigenvalue weighted by Gasteiger charge is 2.19. The third-order valence-corrected chi connectivity index (χ3v) is 5.29. The maximum absolute atomic E-state index is 12.6. The van der Waals surface area contributed by atoms with Gasteiger partial charge in [-0.2, -0.15) is 0 Å². The second-order valence-electron chi connectivity index (χ2n) is 6.09. The number of ketones is 1. The number of nitrogens with one attached hydrogen (secondary N) is 1. The number of hydrogen-bond donors (Lipinski definition) is 1. The van der Waals surface area contributed by atoms with Gasteiger partial charge in [0.05, 0.1) is 23.2 Å². The molecule has 5 nitrogen and oxygen atoms in total. The fraction of sp³-hybridized carbons (Fsp3) is 0.150. The summed E-state index contributed by atoms with van der Waals surface area (Å²) < 4.78 is 2.06. The van der Waals surface area contributed by atoms with Gasteiger partial charge in [-0.1, -0.05) is 30.0 Å². The average Bonchev–Trinajstić information content (AvgIpc) is 3.19. The Hall–Kier alpha value is -2.86. The van der Waals surface area contributed by atoms with E-state index in [4.69, 9.17) is 0 Å². The maximum atomic E-state index is 12.6. The number of para-hydroxylation sites is 2. The number of carbonyl (C=O) groups is 2. The smallest absolute Gasteiger partial charge is 0.228 e. The van der Waals surface area contributed by atoms with Crippen LogP contribution in [0.4, 0.5) is 5.69 Å². The number of Topliss-reactive ketones (excluding diaryl/α,β-unsaturated/α-hetero) is 1. The van der Waals surface area contributed by atoms with Gasteiger partial charge in [-0.3, -0.25) is 9.59 Å². The molecule has 0 atom stereocenters. The van der Waals surface area contributed by atoms with E-state index in [1.165, 1.54) is 11.8 Å². The highest BCUT2D eigenvalue weighted by Crippen LogP contribution is 2.27. The van der Waals surface area contributed by atoms with Crippen LogP contribution in [0.2, 0.25) is 0 Å². The number of allylic oxidation sites excluding steroid dienone is 1. The van der Waals surface area contributed by atoms with Crippen LogP contribution in [-0.4, -0.2) is 27.0 Å². The molecular weight excluding hydrogens is 346 g/mol. The summed E-state index contributed by atoms with van der Waals surface area (Å²) in [7, 11) is 0. The lowest BCUT2D eigenvalue weighted by atomic mass is 10.1. The van der Waals surface area contributed by atoms with E-state index >= 15 is 0 Å². The van der Waals surface area contributed by atoms with Gasteiger partial charge in [0.2, 0.25) is 5.91 Å². The molecule has 0 fully saturated rings. The third-order valence-electron chi connectivity index (χ3n) is 4.32. The molecule has 0 spiro atoms. The summed E-state index contributed by atoms with van der Waals surface area (Å²) in [5, 5.41) is 3.58. The van der Waals surface area contributed by atoms with Crippen LogP contribution in [-0.2, 0) is 17.8 Å². The van der Waals surface area contributed by atoms with Crippen LogP contribution in [0.15, 0.2) is 60.3 Å². The number of carbonyl (C=O) groups excluding carboxylic acids is 2. The van der Waals surface area contributed by atoms with Crippen molar-refractivity contribution >= 4 is 40.2 Å². The molecule has 1 aromatic heterocycles. The molecule has 0 saturated carbocycles. The Morgan fingerprint density at radius 3 is 3.00 bits per heavy atom. The lowest BCUT2D eigenvalue weighted by molar-refractivity contribution is -0.115. The van der Waals surface area contributed by atoms with Crippen LogP contribution in [0.1, 0.15) is 15.9 Å². The van der Waals surface area contributed by atoms with E-state index in [1.54, 1.807) is 12.1 Å². The van der Waals surface area contributed by atoms with Gasteiger partial charge in [-0.15, -0.1) is 6.58 Å². The Labute approximate surface area is 155 Å². The van der Waals surface area contributed by atoms with E-state index in [-0.39, 0.29) is 11.7 Å². The van der Waals surface area contributed by atoms with Gasteiger partial charge < -0.3 is 9.88 Å². The van der Waals surface area contributed by atoms with Crippen molar-refractivity contribution in [2.45, 2.75) is 18.1 Å². The van der Waals surface area contributed by atoms with Crippen molar-refractivity contribution in [1.29, 1.82) is 0 Å². The average molecular weight is 363 g/mol. The number of anilines is 1. The van der Waals surface area contributed by atoms with Gasteiger partial charge in [0.15, 0.2) is 10.9 Å². The predicted octanol–water partition coefficient (Wildman–Crippen LogP) is 3.69. The molecule has 4 rings (SSSR count). The van der Waals surface area contributed by atoms with Gasteiger partial charge in [-0.25, -0.2) is 4.98 Å². The quantitative estimate of drug-likeness (QED) is 0.412. The Balaban J connectivity index is 1.54. The first kappa shape index (κ1) is 16.6. The van der Waals surface area contributed by atoms with Crippen molar-refractivity contribution in [3.05, 3.63) is 66.2 Å². The van der Waals surface area contributed by atoms with Crippen LogP contribution < -0.4 is 5.32 Å². The molecule has 130 valence electrons. The Morgan fingerprint density at radius 1 is 1.31 bits per heavy atom. The molecule has 26 heavy (non-hydrogen) atoms. The van der Waals surface area contributed by atoms with Crippen LogP contribution in [0.25, 0.3) is 11.0 Å². The molecular formula is C20H17N3O2S.